The molecule has 0 radical (unpaired) electrons. The number of aromatic nitrogens is 1. The summed E-state index contributed by atoms with van der Waals surface area (Å²) in [6.45, 7) is 2.03. The second kappa shape index (κ2) is 10.5. The highest BCUT2D eigenvalue weighted by atomic mass is 35.5. The first kappa shape index (κ1) is 21.5. The molecule has 1 aliphatic heterocycles. The summed E-state index contributed by atoms with van der Waals surface area (Å²) < 4.78 is 0. The van der Waals surface area contributed by atoms with Crippen molar-refractivity contribution in [1.82, 2.24) is 10.3 Å². The van der Waals surface area contributed by atoms with Crippen molar-refractivity contribution in [3.05, 3.63) is 53.2 Å². The molecule has 1 fully saturated rings. The molecule has 2 aromatic rings. The summed E-state index contributed by atoms with van der Waals surface area (Å²) in [5.74, 6) is 1.04. The quantitative estimate of drug-likeness (QED) is 0.663. The molecule has 1 aromatic heterocycles. The first-order valence-electron chi connectivity index (χ1n) is 9.64. The third kappa shape index (κ3) is 5.87. The number of pyridine rings is 1. The molecule has 1 aliphatic rings. The van der Waals surface area contributed by atoms with Gasteiger partial charge in [-0.25, -0.2) is 4.98 Å². The molecular weight excluding hydrogens is 408 g/mol. The lowest BCUT2D eigenvalue weighted by atomic mass is 10.1. The Labute approximate surface area is 180 Å². The van der Waals surface area contributed by atoms with Crippen molar-refractivity contribution in [3.63, 3.8) is 0 Å². The van der Waals surface area contributed by atoms with E-state index in [1.54, 1.807) is 42.2 Å². The number of thioether (sulfide) groups is 1. The van der Waals surface area contributed by atoms with E-state index in [-0.39, 0.29) is 11.8 Å². The lowest BCUT2D eigenvalue weighted by molar-refractivity contribution is -0.118. The van der Waals surface area contributed by atoms with E-state index in [1.807, 2.05) is 18.4 Å². The van der Waals surface area contributed by atoms with E-state index in [0.717, 1.165) is 24.7 Å². The van der Waals surface area contributed by atoms with E-state index < -0.39 is 6.04 Å². The Bertz CT molecular complexity index is 841. The molecule has 1 saturated heterocycles. The zero-order valence-electron chi connectivity index (χ0n) is 16.4. The van der Waals surface area contributed by atoms with Crippen LogP contribution in [0.4, 0.5) is 11.5 Å². The van der Waals surface area contributed by atoms with Crippen molar-refractivity contribution in [1.29, 1.82) is 0 Å². The van der Waals surface area contributed by atoms with Gasteiger partial charge in [0.1, 0.15) is 11.9 Å². The molecule has 0 spiro atoms. The number of anilines is 2. The van der Waals surface area contributed by atoms with E-state index >= 15 is 0 Å². The van der Waals surface area contributed by atoms with E-state index in [4.69, 9.17) is 11.6 Å². The van der Waals surface area contributed by atoms with Gasteiger partial charge < -0.3 is 15.5 Å². The number of carbonyl (C=O) groups excluding carboxylic acids is 2. The van der Waals surface area contributed by atoms with Crippen molar-refractivity contribution in [2.24, 2.45) is 0 Å². The fraction of sp³-hybridized carbons (Fsp3) is 0.381. The number of rotatable bonds is 8. The van der Waals surface area contributed by atoms with Crippen LogP contribution in [0.3, 0.4) is 0 Å². The lowest BCUT2D eigenvalue weighted by Crippen LogP contribution is -2.44. The fourth-order valence-corrected chi connectivity index (χ4v) is 3.90. The van der Waals surface area contributed by atoms with Crippen LogP contribution >= 0.6 is 23.4 Å². The Morgan fingerprint density at radius 2 is 1.97 bits per heavy atom. The van der Waals surface area contributed by atoms with Gasteiger partial charge in [-0.1, -0.05) is 23.7 Å². The highest BCUT2D eigenvalue weighted by Gasteiger charge is 2.22. The van der Waals surface area contributed by atoms with Gasteiger partial charge in [0.05, 0.1) is 22.5 Å². The van der Waals surface area contributed by atoms with E-state index in [9.17, 15) is 9.59 Å². The second-order valence-corrected chi connectivity index (χ2v) is 8.27. The topological polar surface area (TPSA) is 74.3 Å². The van der Waals surface area contributed by atoms with E-state index in [0.29, 0.717) is 22.7 Å². The Morgan fingerprint density at radius 3 is 2.62 bits per heavy atom. The van der Waals surface area contributed by atoms with Gasteiger partial charge in [0, 0.05) is 13.1 Å². The predicted molar refractivity (Wildman–Crippen MR) is 120 cm³/mol. The van der Waals surface area contributed by atoms with Crippen LogP contribution in [0.2, 0.25) is 5.02 Å². The molecule has 1 aromatic carbocycles. The normalized spacial score (nSPS) is 14.5. The average molecular weight is 433 g/mol. The third-order valence-electron chi connectivity index (χ3n) is 4.80. The molecule has 8 heteroatoms. The maximum Gasteiger partial charge on any atom is 0.253 e. The van der Waals surface area contributed by atoms with Crippen LogP contribution in [0.15, 0.2) is 42.6 Å². The summed E-state index contributed by atoms with van der Waals surface area (Å²) >= 11 is 7.73. The van der Waals surface area contributed by atoms with Crippen molar-refractivity contribution in [2.45, 2.75) is 25.3 Å². The third-order valence-corrected chi connectivity index (χ3v) is 5.77. The molecule has 2 N–H and O–H groups in total. The van der Waals surface area contributed by atoms with Crippen LogP contribution < -0.4 is 15.5 Å². The molecule has 1 unspecified atom stereocenters. The van der Waals surface area contributed by atoms with Gasteiger partial charge in [-0.05, 0) is 55.5 Å². The molecule has 29 heavy (non-hydrogen) atoms. The molecule has 0 saturated carbocycles. The zero-order valence-corrected chi connectivity index (χ0v) is 17.9. The molecule has 2 amide bonds. The van der Waals surface area contributed by atoms with Crippen LogP contribution in [0.25, 0.3) is 0 Å². The molecule has 3 rings (SSSR count). The monoisotopic (exact) mass is 432 g/mol. The summed E-state index contributed by atoms with van der Waals surface area (Å²) in [6, 6.07) is 9.90. The first-order valence-corrected chi connectivity index (χ1v) is 11.4. The standard InChI is InChI=1S/C21H25ClN4O2S/c1-29-13-10-18(25-20(27)16-6-2-3-7-17(16)22)21(28)24-15-8-9-19(23-14-15)26-11-4-5-12-26/h2-3,6-9,14,18H,4-5,10-13H2,1H3,(H,24,28)(H,25,27). The largest absolute Gasteiger partial charge is 0.357 e. The van der Waals surface area contributed by atoms with Crippen LogP contribution in [0, 0.1) is 0 Å². The fourth-order valence-electron chi connectivity index (χ4n) is 3.21. The van der Waals surface area contributed by atoms with Gasteiger partial charge in [-0.3, -0.25) is 9.59 Å². The number of benzene rings is 1. The predicted octanol–water partition coefficient (Wildman–Crippen LogP) is 3.83. The van der Waals surface area contributed by atoms with Gasteiger partial charge in [0.15, 0.2) is 0 Å². The Morgan fingerprint density at radius 1 is 1.21 bits per heavy atom. The summed E-state index contributed by atoms with van der Waals surface area (Å²) in [6.07, 6.45) is 6.51. The number of hydrogen-bond acceptors (Lipinski definition) is 5. The minimum atomic E-state index is -0.663. The van der Waals surface area contributed by atoms with Gasteiger partial charge in [-0.2, -0.15) is 11.8 Å². The van der Waals surface area contributed by atoms with Gasteiger partial charge in [0.25, 0.3) is 5.91 Å². The molecule has 6 nitrogen and oxygen atoms in total. The number of amides is 2. The van der Waals surface area contributed by atoms with Crippen LogP contribution in [-0.4, -0.2) is 47.9 Å². The number of hydrogen-bond donors (Lipinski definition) is 2. The van der Waals surface area contributed by atoms with Gasteiger partial charge >= 0.3 is 0 Å². The van der Waals surface area contributed by atoms with Gasteiger partial charge in [-0.15, -0.1) is 0 Å². The highest BCUT2D eigenvalue weighted by Crippen LogP contribution is 2.20. The summed E-state index contributed by atoms with van der Waals surface area (Å²) in [4.78, 5) is 32.1. The summed E-state index contributed by atoms with van der Waals surface area (Å²) in [5, 5.41) is 6.03. The van der Waals surface area contributed by atoms with Crippen LogP contribution in [-0.2, 0) is 4.79 Å². The van der Waals surface area contributed by atoms with Crippen LogP contribution in [0.1, 0.15) is 29.6 Å². The molecule has 0 aliphatic carbocycles. The van der Waals surface area contributed by atoms with E-state index in [2.05, 4.69) is 20.5 Å². The highest BCUT2D eigenvalue weighted by molar-refractivity contribution is 7.98. The van der Waals surface area contributed by atoms with Crippen molar-refractivity contribution in [3.8, 4) is 0 Å². The van der Waals surface area contributed by atoms with Crippen molar-refractivity contribution >= 4 is 46.7 Å². The number of nitrogens with one attached hydrogen (secondary N) is 2. The Kier molecular flexibility index (Phi) is 7.77. The summed E-state index contributed by atoms with van der Waals surface area (Å²) in [5.41, 5.74) is 0.965. The molecule has 154 valence electrons. The second-order valence-electron chi connectivity index (χ2n) is 6.88. The maximum atomic E-state index is 12.8. The number of nitrogens with zero attached hydrogens (tertiary/aromatic N) is 2. The molecule has 0 bridgehead atoms. The average Bonchev–Trinajstić information content (AvgIpc) is 3.26. The van der Waals surface area contributed by atoms with Crippen LogP contribution in [0.5, 0.6) is 0 Å². The number of carbonyl (C=O) groups is 2. The lowest BCUT2D eigenvalue weighted by Gasteiger charge is -2.19. The molecule has 1 atom stereocenters. The van der Waals surface area contributed by atoms with Crippen molar-refractivity contribution < 1.29 is 9.59 Å². The van der Waals surface area contributed by atoms with Crippen molar-refractivity contribution in [2.75, 3.05) is 35.3 Å². The Hall–Kier alpha value is -2.25. The minimum absolute atomic E-state index is 0.268. The Balaban J connectivity index is 1.65. The zero-order chi connectivity index (χ0) is 20.6. The minimum Gasteiger partial charge on any atom is -0.357 e. The van der Waals surface area contributed by atoms with Gasteiger partial charge in [0.2, 0.25) is 5.91 Å². The molecular formula is C21H25ClN4O2S. The smallest absolute Gasteiger partial charge is 0.253 e. The first-order chi connectivity index (χ1) is 14.1. The maximum absolute atomic E-state index is 12.8. The molecule has 2 heterocycles. The number of halogens is 1. The SMILES string of the molecule is CSCCC(NC(=O)c1ccccc1Cl)C(=O)Nc1ccc(N2CCCC2)nc1. The van der Waals surface area contributed by atoms with E-state index in [1.165, 1.54) is 12.8 Å². The summed E-state index contributed by atoms with van der Waals surface area (Å²) in [7, 11) is 0.